The molecule has 0 N–H and O–H groups in total. The third-order valence-electron chi connectivity index (χ3n) is 0.209. The topological polar surface area (TPSA) is 25.1 Å². The normalized spacial score (nSPS) is 30.0. The molecule has 0 aromatic rings. The van der Waals surface area contributed by atoms with Gasteiger partial charge in [-0.2, -0.15) is 9.78 Å². The van der Waals surface area contributed by atoms with Crippen LogP contribution in [0.15, 0.2) is 0 Å². The predicted molar refractivity (Wildman–Crippen MR) is 22.8 cm³/mol. The first kappa shape index (κ1) is 4.05. The Hall–Kier alpha value is 0.880. The highest BCUT2D eigenvalue weighted by molar-refractivity contribution is 9.25. The first-order chi connectivity index (χ1) is 2.21. The van der Waals surface area contributed by atoms with E-state index in [2.05, 4.69) is 41.6 Å². The molecule has 1 fully saturated rings. The fourth-order valence-corrected chi connectivity index (χ4v) is 0.164. The van der Waals surface area contributed by atoms with Gasteiger partial charge in [0.15, 0.2) is 0 Å². The highest BCUT2D eigenvalue weighted by atomic mass is 79.9. The molecule has 0 amide bonds. The van der Waals surface area contributed by atoms with Crippen molar-refractivity contribution in [1.29, 1.82) is 0 Å². The van der Waals surface area contributed by atoms with E-state index < -0.39 is 3.61 Å². The lowest BCUT2D eigenvalue weighted by Crippen LogP contribution is -1.73. The van der Waals surface area contributed by atoms with Crippen molar-refractivity contribution in [2.45, 2.75) is 3.61 Å². The van der Waals surface area contributed by atoms with E-state index >= 15 is 0 Å². The number of halogens is 2. The van der Waals surface area contributed by atoms with Gasteiger partial charge in [0.1, 0.15) is 0 Å². The maximum absolute atomic E-state index is 4.23. The summed E-state index contributed by atoms with van der Waals surface area (Å²) in [5, 5.41) is 0. The van der Waals surface area contributed by atoms with Crippen molar-refractivity contribution in [2.24, 2.45) is 0 Å². The third-order valence-corrected chi connectivity index (χ3v) is 0.738. The molecule has 0 radical (unpaired) electrons. The van der Waals surface area contributed by atoms with Crippen molar-refractivity contribution < 1.29 is 9.78 Å². The summed E-state index contributed by atoms with van der Waals surface area (Å²) in [5.41, 5.74) is 0. The van der Waals surface area contributed by atoms with Crippen molar-refractivity contribution in [2.75, 3.05) is 0 Å². The van der Waals surface area contributed by atoms with E-state index in [1.165, 1.54) is 0 Å². The van der Waals surface area contributed by atoms with Gasteiger partial charge in [0.05, 0.1) is 0 Å². The fourth-order valence-electron chi connectivity index (χ4n) is 0.0315. The molecule has 1 rings (SSSR count). The lowest BCUT2D eigenvalue weighted by Gasteiger charge is -1.66. The maximum atomic E-state index is 4.23. The Morgan fingerprint density at radius 3 is 1.40 bits per heavy atom. The minimum Gasteiger partial charge on any atom is -0.169 e. The third kappa shape index (κ3) is 1.17. The van der Waals surface area contributed by atoms with E-state index in [0.717, 1.165) is 0 Å². The summed E-state index contributed by atoms with van der Waals surface area (Å²) in [6.45, 7) is 0. The number of hydrogen-bond acceptors (Lipinski definition) is 2. The van der Waals surface area contributed by atoms with Crippen LogP contribution in [0.1, 0.15) is 0 Å². The Balaban J connectivity index is 2.38. The first-order valence-electron chi connectivity index (χ1n) is 0.953. The van der Waals surface area contributed by atoms with Crippen molar-refractivity contribution in [3.8, 4) is 0 Å². The molecular formula is CBr2O2. The van der Waals surface area contributed by atoms with Crippen LogP contribution in [0.5, 0.6) is 0 Å². The molecule has 0 spiro atoms. The van der Waals surface area contributed by atoms with Crippen LogP contribution < -0.4 is 0 Å². The molecule has 2 nitrogen and oxygen atoms in total. The van der Waals surface area contributed by atoms with E-state index in [9.17, 15) is 0 Å². The fraction of sp³-hybridized carbons (Fsp3) is 1.00. The molecule has 0 aromatic carbocycles. The molecule has 0 bridgehead atoms. The lowest BCUT2D eigenvalue weighted by atomic mass is 11.6. The van der Waals surface area contributed by atoms with Gasteiger partial charge in [0, 0.05) is 0 Å². The van der Waals surface area contributed by atoms with Gasteiger partial charge in [-0.25, -0.2) is 0 Å². The number of rotatable bonds is 0. The Morgan fingerprint density at radius 1 is 1.20 bits per heavy atom. The minimum absolute atomic E-state index is 0.625. The van der Waals surface area contributed by atoms with Crippen LogP contribution in [0.25, 0.3) is 0 Å². The van der Waals surface area contributed by atoms with Crippen LogP contribution in [-0.2, 0) is 9.78 Å². The zero-order chi connectivity index (χ0) is 3.91. The van der Waals surface area contributed by atoms with E-state index in [0.29, 0.717) is 0 Å². The van der Waals surface area contributed by atoms with Crippen LogP contribution in [-0.4, -0.2) is 3.61 Å². The zero-order valence-electron chi connectivity index (χ0n) is 2.07. The van der Waals surface area contributed by atoms with Gasteiger partial charge in [-0.15, -0.1) is 0 Å². The molecular weight excluding hydrogens is 204 g/mol. The molecule has 5 heavy (non-hydrogen) atoms. The first-order valence-corrected chi connectivity index (χ1v) is 2.54. The van der Waals surface area contributed by atoms with Gasteiger partial charge in [0.2, 0.25) is 0 Å². The smallest absolute Gasteiger partial charge is 0.169 e. The summed E-state index contributed by atoms with van der Waals surface area (Å²) < 4.78 is -0.625. The molecule has 1 saturated heterocycles. The molecule has 0 aromatic heterocycles. The second kappa shape index (κ2) is 0.932. The van der Waals surface area contributed by atoms with Crippen molar-refractivity contribution in [3.05, 3.63) is 0 Å². The van der Waals surface area contributed by atoms with E-state index in [-0.39, 0.29) is 0 Å². The summed E-state index contributed by atoms with van der Waals surface area (Å²) >= 11 is 5.92. The average molecular weight is 204 g/mol. The summed E-state index contributed by atoms with van der Waals surface area (Å²) in [7, 11) is 0. The summed E-state index contributed by atoms with van der Waals surface area (Å²) in [4.78, 5) is 8.46. The molecule has 0 aliphatic carbocycles. The quantitative estimate of drug-likeness (QED) is 0.338. The van der Waals surface area contributed by atoms with Gasteiger partial charge in [0.25, 0.3) is 0 Å². The highest BCUT2D eigenvalue weighted by Crippen LogP contribution is 2.42. The summed E-state index contributed by atoms with van der Waals surface area (Å²) in [6.07, 6.45) is 0. The highest BCUT2D eigenvalue weighted by Gasteiger charge is 2.42. The van der Waals surface area contributed by atoms with Gasteiger partial charge in [-0.05, 0) is 31.9 Å². The Bertz CT molecular complexity index is 45.6. The van der Waals surface area contributed by atoms with Gasteiger partial charge >= 0.3 is 3.61 Å². The van der Waals surface area contributed by atoms with E-state index in [4.69, 9.17) is 0 Å². The molecule has 0 unspecified atom stereocenters. The molecule has 1 aliphatic heterocycles. The summed E-state index contributed by atoms with van der Waals surface area (Å²) in [6, 6.07) is 0. The van der Waals surface area contributed by atoms with Crippen molar-refractivity contribution in [1.82, 2.24) is 0 Å². The number of hydrogen-bond donors (Lipinski definition) is 0. The van der Waals surface area contributed by atoms with Crippen LogP contribution >= 0.6 is 31.9 Å². The van der Waals surface area contributed by atoms with Crippen LogP contribution in [0, 0.1) is 0 Å². The van der Waals surface area contributed by atoms with Gasteiger partial charge in [-0.3, -0.25) is 0 Å². The summed E-state index contributed by atoms with van der Waals surface area (Å²) in [5.74, 6) is 0. The van der Waals surface area contributed by atoms with Crippen molar-refractivity contribution in [3.63, 3.8) is 0 Å². The molecule has 4 heteroatoms. The molecule has 1 aliphatic rings. The average Bonchev–Trinajstić information content (AvgIpc) is 1.76. The molecule has 0 saturated carbocycles. The SMILES string of the molecule is BrC1(Br)OO1. The lowest BCUT2D eigenvalue weighted by molar-refractivity contribution is 0.0850. The molecule has 1 heterocycles. The van der Waals surface area contributed by atoms with Gasteiger partial charge in [-0.1, -0.05) is 0 Å². The monoisotopic (exact) mass is 202 g/mol. The van der Waals surface area contributed by atoms with E-state index in [1.54, 1.807) is 0 Å². The zero-order valence-corrected chi connectivity index (χ0v) is 5.24. The van der Waals surface area contributed by atoms with E-state index in [1.807, 2.05) is 0 Å². The van der Waals surface area contributed by atoms with Crippen LogP contribution in [0.2, 0.25) is 0 Å². The van der Waals surface area contributed by atoms with Crippen molar-refractivity contribution >= 4 is 31.9 Å². The second-order valence-corrected chi connectivity index (χ2v) is 3.78. The second-order valence-electron chi connectivity index (χ2n) is 0.630. The minimum atomic E-state index is -0.625. The Labute approximate surface area is 45.6 Å². The predicted octanol–water partition coefficient (Wildman–Crippen LogP) is 1.35. The van der Waals surface area contributed by atoms with Crippen LogP contribution in [0.3, 0.4) is 0 Å². The maximum Gasteiger partial charge on any atom is 0.341 e. The number of alkyl halides is 2. The Morgan fingerprint density at radius 2 is 1.40 bits per heavy atom. The largest absolute Gasteiger partial charge is 0.341 e. The Kier molecular flexibility index (Phi) is 0.755. The molecule has 0 atom stereocenters. The molecule has 30 valence electrons. The standard InChI is InChI=1S/CBr2O2/c2-1(3)4-5-1. The van der Waals surface area contributed by atoms with Gasteiger partial charge < -0.3 is 0 Å². The van der Waals surface area contributed by atoms with Crippen LogP contribution in [0.4, 0.5) is 0 Å².